The molecule has 9 nitrogen and oxygen atoms in total. The lowest BCUT2D eigenvalue weighted by Gasteiger charge is -2.42. The third-order valence-electron chi connectivity index (χ3n) is 7.08. The number of piperidine rings is 1. The van der Waals surface area contributed by atoms with Gasteiger partial charge in [-0.3, -0.25) is 9.59 Å². The van der Waals surface area contributed by atoms with Gasteiger partial charge in [0, 0.05) is 39.3 Å². The second-order valence-electron chi connectivity index (χ2n) is 9.64. The number of hydrogen-bond donors (Lipinski definition) is 1. The van der Waals surface area contributed by atoms with Gasteiger partial charge in [-0.2, -0.15) is 39.0 Å². The van der Waals surface area contributed by atoms with Gasteiger partial charge in [0.05, 0.1) is 17.6 Å². The number of alkyl halides is 5. The van der Waals surface area contributed by atoms with Crippen molar-refractivity contribution < 1.29 is 44.7 Å². The first-order valence-corrected chi connectivity index (χ1v) is 13.7. The second-order valence-corrected chi connectivity index (χ2v) is 11.6. The molecule has 3 aliphatic rings. The van der Waals surface area contributed by atoms with Crippen molar-refractivity contribution in [2.24, 2.45) is 5.92 Å². The molecule has 212 valence electrons. The molecule has 3 heterocycles. The van der Waals surface area contributed by atoms with Gasteiger partial charge < -0.3 is 15.0 Å². The summed E-state index contributed by atoms with van der Waals surface area (Å²) in [5, 5.41) is 2.68. The Morgan fingerprint density at radius 2 is 1.66 bits per heavy atom. The molecule has 0 spiro atoms. The fraction of sp³-hybridized carbons (Fsp3) is 0.652. The fourth-order valence-corrected chi connectivity index (χ4v) is 6.76. The number of benzene rings is 1. The number of amides is 2. The summed E-state index contributed by atoms with van der Waals surface area (Å²) in [5.74, 6) is -1.42. The molecule has 0 bridgehead atoms. The van der Waals surface area contributed by atoms with Crippen LogP contribution in [0.5, 0.6) is 0 Å². The van der Waals surface area contributed by atoms with Gasteiger partial charge >= 0.3 is 12.8 Å². The number of likely N-dealkylation sites (tertiary alicyclic amines) is 1. The molecule has 0 unspecified atom stereocenters. The summed E-state index contributed by atoms with van der Waals surface area (Å²) in [6, 6.07) is 3.66. The van der Waals surface area contributed by atoms with Gasteiger partial charge in [0.1, 0.15) is 6.04 Å². The van der Waals surface area contributed by atoms with E-state index in [0.717, 1.165) is 16.4 Å². The molecule has 4 rings (SSSR count). The molecule has 1 N–H and O–H groups in total. The molecule has 15 heteroatoms. The first-order valence-electron chi connectivity index (χ1n) is 12.3. The number of carbonyl (C=O) groups excluding carboxylic acids is 2. The van der Waals surface area contributed by atoms with Gasteiger partial charge in [-0.25, -0.2) is 0 Å². The third kappa shape index (κ3) is 6.43. The number of halogens is 5. The van der Waals surface area contributed by atoms with Crippen LogP contribution in [0.15, 0.2) is 24.3 Å². The van der Waals surface area contributed by atoms with Crippen LogP contribution in [0.4, 0.5) is 22.0 Å². The number of hydrogen-bond acceptors (Lipinski definition) is 5. The molecule has 1 aromatic carbocycles. The fourth-order valence-electron chi connectivity index (χ4n) is 4.99. The van der Waals surface area contributed by atoms with Crippen LogP contribution >= 0.6 is 0 Å². The Hall–Kier alpha value is -2.36. The van der Waals surface area contributed by atoms with Gasteiger partial charge in [0.15, 0.2) is 0 Å². The molecule has 0 aromatic heterocycles. The van der Waals surface area contributed by atoms with Crippen LogP contribution in [-0.4, -0.2) is 85.2 Å². The summed E-state index contributed by atoms with van der Waals surface area (Å²) in [6.45, 7) is -2.91. The van der Waals surface area contributed by atoms with Gasteiger partial charge in [0.25, 0.3) is 10.2 Å². The van der Waals surface area contributed by atoms with Crippen molar-refractivity contribution in [1.82, 2.24) is 18.8 Å². The maximum Gasteiger partial charge on any atom is 0.416 e. The van der Waals surface area contributed by atoms with Gasteiger partial charge in [0.2, 0.25) is 11.8 Å². The van der Waals surface area contributed by atoms with E-state index in [-0.39, 0.29) is 38.6 Å². The minimum Gasteiger partial charge on any atom is -0.350 e. The Morgan fingerprint density at radius 3 is 2.29 bits per heavy atom. The lowest BCUT2D eigenvalue weighted by Crippen LogP contribution is -2.60. The van der Waals surface area contributed by atoms with Crippen LogP contribution < -0.4 is 5.32 Å². The summed E-state index contributed by atoms with van der Waals surface area (Å²) in [6.07, 6.45) is -3.46. The summed E-state index contributed by atoms with van der Waals surface area (Å²) in [7, 11) is -3.94. The first-order chi connectivity index (χ1) is 17.9. The van der Waals surface area contributed by atoms with Crippen molar-refractivity contribution in [3.63, 3.8) is 0 Å². The highest BCUT2D eigenvalue weighted by Crippen LogP contribution is 2.30. The molecular weight excluding hydrogens is 539 g/mol. The minimum absolute atomic E-state index is 0.00292. The number of rotatable bonds is 8. The third-order valence-corrected chi connectivity index (χ3v) is 9.02. The Morgan fingerprint density at radius 1 is 1.00 bits per heavy atom. The lowest BCUT2D eigenvalue weighted by molar-refractivity contribution is -0.185. The molecule has 3 fully saturated rings. The molecule has 3 aliphatic heterocycles. The van der Waals surface area contributed by atoms with E-state index < -0.39 is 52.5 Å². The van der Waals surface area contributed by atoms with Crippen molar-refractivity contribution in [3.8, 4) is 0 Å². The maximum absolute atomic E-state index is 13.3. The monoisotopic (exact) mass is 568 g/mol. The molecule has 38 heavy (non-hydrogen) atoms. The number of carbonyl (C=O) groups is 2. The molecule has 3 saturated heterocycles. The molecular formula is C23H29F5N4O5S. The van der Waals surface area contributed by atoms with Gasteiger partial charge in [-0.05, 0) is 43.4 Å². The molecule has 1 aromatic rings. The van der Waals surface area contributed by atoms with Crippen LogP contribution in [0, 0.1) is 5.92 Å². The number of nitrogens with one attached hydrogen (secondary N) is 1. The lowest BCUT2D eigenvalue weighted by atomic mass is 9.97. The summed E-state index contributed by atoms with van der Waals surface area (Å²) in [4.78, 5) is 27.6. The highest BCUT2D eigenvalue weighted by atomic mass is 32.2. The van der Waals surface area contributed by atoms with E-state index in [1.54, 1.807) is 0 Å². The predicted molar refractivity (Wildman–Crippen MR) is 124 cm³/mol. The zero-order valence-corrected chi connectivity index (χ0v) is 21.2. The molecule has 2 amide bonds. The summed E-state index contributed by atoms with van der Waals surface area (Å²) < 4.78 is 95.3. The topological polar surface area (TPSA) is 99.3 Å². The SMILES string of the molecule is O=C(NCc1ccc(C(F)(F)F)cc1)[C@H]1CCCN1C(=O)[C@H]1CCCN(S(=O)(=O)N2CC(OC(F)F)C2)C1. The van der Waals surface area contributed by atoms with Crippen LogP contribution in [0.1, 0.15) is 36.8 Å². The van der Waals surface area contributed by atoms with Crippen LogP contribution in [0.25, 0.3) is 0 Å². The highest BCUT2D eigenvalue weighted by molar-refractivity contribution is 7.86. The van der Waals surface area contributed by atoms with E-state index in [1.807, 2.05) is 0 Å². The molecule has 2 atom stereocenters. The Kier molecular flexibility index (Phi) is 8.59. The van der Waals surface area contributed by atoms with Crippen LogP contribution in [0.3, 0.4) is 0 Å². The van der Waals surface area contributed by atoms with Crippen molar-refractivity contribution in [3.05, 3.63) is 35.4 Å². The molecule has 0 aliphatic carbocycles. The Labute approximate surface area is 217 Å². The van der Waals surface area contributed by atoms with Crippen molar-refractivity contribution in [2.45, 2.75) is 57.2 Å². The van der Waals surface area contributed by atoms with E-state index in [4.69, 9.17) is 0 Å². The number of ether oxygens (including phenoxy) is 1. The minimum atomic E-state index is -4.46. The maximum atomic E-state index is 13.3. The Bertz CT molecular complexity index is 1110. The van der Waals surface area contributed by atoms with Crippen LogP contribution in [0.2, 0.25) is 0 Å². The smallest absolute Gasteiger partial charge is 0.350 e. The Balaban J connectivity index is 1.32. The highest BCUT2D eigenvalue weighted by Gasteiger charge is 2.44. The van der Waals surface area contributed by atoms with Gasteiger partial charge in [-0.15, -0.1) is 0 Å². The summed E-state index contributed by atoms with van der Waals surface area (Å²) in [5.41, 5.74) is -0.318. The second kappa shape index (κ2) is 11.4. The first kappa shape index (κ1) is 28.6. The average molecular weight is 569 g/mol. The van der Waals surface area contributed by atoms with E-state index in [9.17, 15) is 40.0 Å². The quantitative estimate of drug-likeness (QED) is 0.485. The predicted octanol–water partition coefficient (Wildman–Crippen LogP) is 2.19. The van der Waals surface area contributed by atoms with Crippen molar-refractivity contribution in [2.75, 3.05) is 32.7 Å². The zero-order valence-electron chi connectivity index (χ0n) is 20.4. The zero-order chi connectivity index (χ0) is 27.7. The van der Waals surface area contributed by atoms with E-state index in [2.05, 4.69) is 10.1 Å². The van der Waals surface area contributed by atoms with E-state index >= 15 is 0 Å². The molecule has 0 saturated carbocycles. The van der Waals surface area contributed by atoms with E-state index in [0.29, 0.717) is 37.8 Å². The number of nitrogens with zero attached hydrogens (tertiary/aromatic N) is 3. The van der Waals surface area contributed by atoms with Crippen LogP contribution in [-0.2, 0) is 37.3 Å². The standard InChI is InChI=1S/C23H29F5N4O5S/c24-22(25)37-18-13-31(14-18)38(35,36)30-9-1-3-16(12-30)21(34)32-10-2-4-19(32)20(33)29-11-15-5-7-17(8-6-15)23(26,27)28/h5-8,16,18-19,22H,1-4,9-14H2,(H,29,33)/t16-,19+/m0/s1. The van der Waals surface area contributed by atoms with Crippen molar-refractivity contribution in [1.29, 1.82) is 0 Å². The van der Waals surface area contributed by atoms with Crippen molar-refractivity contribution >= 4 is 22.0 Å². The molecule has 0 radical (unpaired) electrons. The average Bonchev–Trinajstić information content (AvgIpc) is 3.33. The van der Waals surface area contributed by atoms with E-state index in [1.165, 1.54) is 21.3 Å². The summed E-state index contributed by atoms with van der Waals surface area (Å²) >= 11 is 0. The largest absolute Gasteiger partial charge is 0.416 e. The normalized spacial score (nSPS) is 24.0. The van der Waals surface area contributed by atoms with Gasteiger partial charge in [-0.1, -0.05) is 12.1 Å².